The molecule has 0 aromatic heterocycles. The summed E-state index contributed by atoms with van der Waals surface area (Å²) >= 11 is 0. The first-order chi connectivity index (χ1) is 11.8. The van der Waals surface area contributed by atoms with Crippen LogP contribution in [0, 0.1) is 22.7 Å². The van der Waals surface area contributed by atoms with Gasteiger partial charge in [0.25, 0.3) is 0 Å². The van der Waals surface area contributed by atoms with E-state index in [1.165, 1.54) is 12.5 Å². The molecule has 4 heteroatoms. The maximum absolute atomic E-state index is 11.5. The van der Waals surface area contributed by atoms with Gasteiger partial charge in [0.2, 0.25) is 0 Å². The van der Waals surface area contributed by atoms with E-state index >= 15 is 0 Å². The number of nitrogens with two attached hydrogens (primary N) is 1. The normalized spacial score (nSPS) is 48.6. The number of hydrogen-bond acceptors (Lipinski definition) is 4. The minimum atomic E-state index is -0.283. The van der Waals surface area contributed by atoms with Crippen molar-refractivity contribution in [2.45, 2.75) is 77.5 Å². The van der Waals surface area contributed by atoms with Gasteiger partial charge in [0.05, 0.1) is 12.1 Å². The van der Waals surface area contributed by atoms with Crippen LogP contribution in [0.15, 0.2) is 23.3 Å². The third-order valence-corrected chi connectivity index (χ3v) is 7.91. The summed E-state index contributed by atoms with van der Waals surface area (Å²) in [7, 11) is 0. The molecule has 0 aromatic carbocycles. The minimum absolute atomic E-state index is 0.0347. The lowest BCUT2D eigenvalue weighted by Crippen LogP contribution is -2.48. The molecule has 2 fully saturated rings. The molecule has 3 N–H and O–H groups in total. The summed E-state index contributed by atoms with van der Waals surface area (Å²) in [5.74, 6) is 0.872. The minimum Gasteiger partial charge on any atom is -0.461 e. The van der Waals surface area contributed by atoms with Crippen LogP contribution in [0.5, 0.6) is 0 Å². The second-order valence-corrected chi connectivity index (χ2v) is 9.15. The summed E-state index contributed by atoms with van der Waals surface area (Å²) in [5.41, 5.74) is 9.73. The number of ether oxygens (including phenoxy) is 1. The number of carbonyl (C=O) groups is 1. The van der Waals surface area contributed by atoms with Crippen LogP contribution >= 0.6 is 0 Å². The van der Waals surface area contributed by atoms with E-state index in [1.54, 1.807) is 5.57 Å². The van der Waals surface area contributed by atoms with E-state index in [9.17, 15) is 9.90 Å². The topological polar surface area (TPSA) is 72.5 Å². The van der Waals surface area contributed by atoms with Gasteiger partial charge in [-0.1, -0.05) is 37.1 Å². The Morgan fingerprint density at radius 2 is 2.12 bits per heavy atom. The Morgan fingerprint density at radius 3 is 2.84 bits per heavy atom. The highest BCUT2D eigenvalue weighted by Gasteiger charge is 2.56. The van der Waals surface area contributed by atoms with Gasteiger partial charge < -0.3 is 15.6 Å². The van der Waals surface area contributed by atoms with Crippen LogP contribution in [-0.2, 0) is 9.53 Å². The Bertz CT molecular complexity index is 654. The molecule has 0 saturated heterocycles. The van der Waals surface area contributed by atoms with Crippen LogP contribution in [0.4, 0.5) is 0 Å². The fourth-order valence-corrected chi connectivity index (χ4v) is 6.39. The molecule has 4 aliphatic carbocycles. The smallest absolute Gasteiger partial charge is 0.302 e. The number of hydrogen-bond donors (Lipinski definition) is 2. The zero-order chi connectivity index (χ0) is 18.0. The fraction of sp³-hybridized carbons (Fsp3) is 0.762. The first-order valence-electron chi connectivity index (χ1n) is 9.78. The first-order valence-corrected chi connectivity index (χ1v) is 9.78. The van der Waals surface area contributed by atoms with Gasteiger partial charge in [0.15, 0.2) is 0 Å². The number of fused-ring (bicyclic) bond motifs is 4. The quantitative estimate of drug-likeness (QED) is 0.566. The van der Waals surface area contributed by atoms with Crippen molar-refractivity contribution in [2.24, 2.45) is 28.4 Å². The van der Waals surface area contributed by atoms with Crippen molar-refractivity contribution in [3.8, 4) is 0 Å². The van der Waals surface area contributed by atoms with Crippen LogP contribution in [0.25, 0.3) is 0 Å². The van der Waals surface area contributed by atoms with Crippen LogP contribution in [-0.4, -0.2) is 29.3 Å². The molecule has 0 aromatic rings. The van der Waals surface area contributed by atoms with Crippen molar-refractivity contribution in [3.63, 3.8) is 0 Å². The zero-order valence-corrected chi connectivity index (χ0v) is 15.6. The lowest BCUT2D eigenvalue weighted by molar-refractivity contribution is -0.147. The lowest BCUT2D eigenvalue weighted by atomic mass is 9.51. The van der Waals surface area contributed by atoms with E-state index in [1.807, 2.05) is 6.08 Å². The number of rotatable bonds is 1. The molecule has 0 amide bonds. The second-order valence-electron chi connectivity index (χ2n) is 9.15. The second kappa shape index (κ2) is 5.68. The van der Waals surface area contributed by atoms with E-state index in [2.05, 4.69) is 19.9 Å². The molecule has 4 rings (SSSR count). The van der Waals surface area contributed by atoms with Gasteiger partial charge in [0, 0.05) is 18.8 Å². The maximum Gasteiger partial charge on any atom is 0.302 e. The number of carbonyl (C=O) groups excluding carboxylic acids is 1. The fourth-order valence-electron chi connectivity index (χ4n) is 6.39. The Labute approximate surface area is 150 Å². The zero-order valence-electron chi connectivity index (χ0n) is 15.6. The molecule has 0 radical (unpaired) electrons. The van der Waals surface area contributed by atoms with Crippen LogP contribution in [0.2, 0.25) is 0 Å². The number of aliphatic hydroxyl groups excluding tert-OH is 1. The van der Waals surface area contributed by atoms with Crippen LogP contribution in [0.3, 0.4) is 0 Å². The van der Waals surface area contributed by atoms with E-state index in [0.29, 0.717) is 11.8 Å². The molecule has 2 saturated carbocycles. The monoisotopic (exact) mass is 345 g/mol. The van der Waals surface area contributed by atoms with Gasteiger partial charge in [0.1, 0.15) is 6.10 Å². The molecule has 138 valence electrons. The third-order valence-electron chi connectivity index (χ3n) is 7.91. The highest BCUT2D eigenvalue weighted by Crippen LogP contribution is 2.62. The Hall–Kier alpha value is -1.13. The van der Waals surface area contributed by atoms with E-state index < -0.39 is 0 Å². The summed E-state index contributed by atoms with van der Waals surface area (Å²) in [5, 5.41) is 10.0. The Kier molecular flexibility index (Phi) is 3.93. The Balaban J connectivity index is 1.72. The van der Waals surface area contributed by atoms with E-state index in [4.69, 9.17) is 10.5 Å². The van der Waals surface area contributed by atoms with Gasteiger partial charge in [-0.3, -0.25) is 4.79 Å². The van der Waals surface area contributed by atoms with Gasteiger partial charge in [-0.05, 0) is 49.4 Å². The van der Waals surface area contributed by atoms with Gasteiger partial charge in [-0.15, -0.1) is 0 Å². The van der Waals surface area contributed by atoms with Crippen LogP contribution in [0.1, 0.15) is 59.3 Å². The number of aliphatic hydroxyl groups is 1. The predicted octanol–water partition coefficient (Wildman–Crippen LogP) is 3.10. The molecule has 7 atom stereocenters. The van der Waals surface area contributed by atoms with E-state index in [0.717, 1.165) is 38.5 Å². The predicted molar refractivity (Wildman–Crippen MR) is 96.6 cm³/mol. The number of allylic oxidation sites excluding steroid dienone is 2. The van der Waals surface area contributed by atoms with Crippen molar-refractivity contribution in [3.05, 3.63) is 23.3 Å². The van der Waals surface area contributed by atoms with Gasteiger partial charge in [-0.2, -0.15) is 0 Å². The van der Waals surface area contributed by atoms with Crippen molar-refractivity contribution in [1.82, 2.24) is 0 Å². The molecule has 4 aliphatic rings. The SMILES string of the molecule is CC(=O)OC1CC2=C3CCC4CC(O)C=C[C@]4(C)[C@@H]3CC[C@]2(C)C1N. The summed E-state index contributed by atoms with van der Waals surface area (Å²) in [4.78, 5) is 11.5. The summed E-state index contributed by atoms with van der Waals surface area (Å²) in [6.45, 7) is 6.13. The molecule has 0 aliphatic heterocycles. The standard InChI is InChI=1S/C21H31NO3/c1-12(23)25-18-11-17-15-5-4-13-10-14(24)6-8-20(13,2)16(15)7-9-21(17,3)19(18)22/h6,8,13-14,16,18-19,24H,4-5,7,9-11,22H2,1-3H3/t13?,14?,16-,18?,19?,20+,21+/m1/s1. The van der Waals surface area contributed by atoms with E-state index in [-0.39, 0.29) is 35.0 Å². The average molecular weight is 345 g/mol. The summed E-state index contributed by atoms with van der Waals surface area (Å²) in [6, 6.07) is -0.103. The number of esters is 1. The van der Waals surface area contributed by atoms with Crippen molar-refractivity contribution in [1.29, 1.82) is 0 Å². The molecule has 0 spiro atoms. The first kappa shape index (κ1) is 17.3. The molecular formula is C21H31NO3. The molecule has 0 heterocycles. The highest BCUT2D eigenvalue weighted by atomic mass is 16.5. The maximum atomic E-state index is 11.5. The molecule has 4 nitrogen and oxygen atoms in total. The lowest BCUT2D eigenvalue weighted by Gasteiger charge is -2.54. The molecular weight excluding hydrogens is 314 g/mol. The van der Waals surface area contributed by atoms with Crippen LogP contribution < -0.4 is 5.73 Å². The summed E-state index contributed by atoms with van der Waals surface area (Å²) < 4.78 is 5.56. The van der Waals surface area contributed by atoms with Gasteiger partial charge in [-0.25, -0.2) is 0 Å². The largest absolute Gasteiger partial charge is 0.461 e. The molecule has 25 heavy (non-hydrogen) atoms. The highest BCUT2D eigenvalue weighted by molar-refractivity contribution is 5.66. The van der Waals surface area contributed by atoms with Crippen molar-refractivity contribution in [2.75, 3.05) is 0 Å². The van der Waals surface area contributed by atoms with Crippen molar-refractivity contribution >= 4 is 5.97 Å². The van der Waals surface area contributed by atoms with Crippen molar-refractivity contribution < 1.29 is 14.6 Å². The molecule has 4 unspecified atom stereocenters. The molecule has 0 bridgehead atoms. The Morgan fingerprint density at radius 1 is 1.36 bits per heavy atom. The third kappa shape index (κ3) is 2.44. The summed E-state index contributed by atoms with van der Waals surface area (Å²) in [6.07, 6.45) is 9.96. The average Bonchev–Trinajstić information content (AvgIpc) is 2.79. The van der Waals surface area contributed by atoms with Gasteiger partial charge >= 0.3 is 5.97 Å².